The third-order valence-electron chi connectivity index (χ3n) is 1.55. The summed E-state index contributed by atoms with van der Waals surface area (Å²) in [5.74, 6) is 0. The number of allylic oxidation sites excluding steroid dienone is 4. The maximum atomic E-state index is 5.59. The molecule has 0 aromatic carbocycles. The number of nitrogens with two attached hydrogens (primary N) is 1. The summed E-state index contributed by atoms with van der Waals surface area (Å²) in [6.45, 7) is 6.31. The van der Waals surface area contributed by atoms with E-state index in [4.69, 9.17) is 5.73 Å². The van der Waals surface area contributed by atoms with Gasteiger partial charge in [-0.1, -0.05) is 25.5 Å². The summed E-state index contributed by atoms with van der Waals surface area (Å²) in [4.78, 5) is 0. The molecule has 58 valence electrons. The van der Waals surface area contributed by atoms with Crippen molar-refractivity contribution in [2.75, 3.05) is 0 Å². The summed E-state index contributed by atoms with van der Waals surface area (Å²) in [5.41, 5.74) is 7.92. The monoisotopic (exact) mass is 139 g/mol. The molecule has 0 aliphatic rings. The summed E-state index contributed by atoms with van der Waals surface area (Å²) >= 11 is 0. The molecule has 0 radical (unpaired) electrons. The van der Waals surface area contributed by atoms with E-state index in [2.05, 4.69) is 26.8 Å². The fourth-order valence-electron chi connectivity index (χ4n) is 0.485. The zero-order valence-electron chi connectivity index (χ0n) is 7.15. The fourth-order valence-corrected chi connectivity index (χ4v) is 0.485. The van der Waals surface area contributed by atoms with E-state index in [-0.39, 0.29) is 0 Å². The first-order valence-corrected chi connectivity index (χ1v) is 3.82. The average molecular weight is 139 g/mol. The lowest BCUT2D eigenvalue weighted by atomic mass is 10.2. The smallest absolute Gasteiger partial charge is 0.00776 e. The van der Waals surface area contributed by atoms with Crippen molar-refractivity contribution in [3.63, 3.8) is 0 Å². The van der Waals surface area contributed by atoms with E-state index >= 15 is 0 Å². The molecule has 0 bridgehead atoms. The van der Waals surface area contributed by atoms with Gasteiger partial charge < -0.3 is 5.73 Å². The first kappa shape index (κ1) is 9.28. The highest BCUT2D eigenvalue weighted by Crippen LogP contribution is 1.99. The summed E-state index contributed by atoms with van der Waals surface area (Å²) < 4.78 is 0. The van der Waals surface area contributed by atoms with Crippen LogP contribution in [0.3, 0.4) is 0 Å². The van der Waals surface area contributed by atoms with E-state index < -0.39 is 0 Å². The maximum Gasteiger partial charge on any atom is 0.00776 e. The standard InChI is InChI=1S/C9H17N/c1-4-8(3)6-7-9(10)5-2/h6-7H,4-5,10H2,1-3H3/b8-6-,9-7+. The third-order valence-corrected chi connectivity index (χ3v) is 1.55. The van der Waals surface area contributed by atoms with Gasteiger partial charge in [0, 0.05) is 5.70 Å². The minimum absolute atomic E-state index is 0.938. The second-order valence-electron chi connectivity index (χ2n) is 2.46. The molecule has 0 aromatic heterocycles. The van der Waals surface area contributed by atoms with Crippen molar-refractivity contribution in [1.29, 1.82) is 0 Å². The fraction of sp³-hybridized carbons (Fsp3) is 0.556. The Labute approximate surface area is 63.6 Å². The van der Waals surface area contributed by atoms with Crippen molar-refractivity contribution in [2.45, 2.75) is 33.6 Å². The van der Waals surface area contributed by atoms with Gasteiger partial charge in [0.15, 0.2) is 0 Å². The van der Waals surface area contributed by atoms with Gasteiger partial charge in [-0.25, -0.2) is 0 Å². The Morgan fingerprint density at radius 3 is 2.20 bits per heavy atom. The molecule has 0 aromatic rings. The van der Waals surface area contributed by atoms with E-state index in [0.29, 0.717) is 0 Å². The first-order valence-electron chi connectivity index (χ1n) is 3.82. The van der Waals surface area contributed by atoms with Gasteiger partial charge in [0.1, 0.15) is 0 Å². The van der Waals surface area contributed by atoms with Crippen molar-refractivity contribution in [2.24, 2.45) is 5.73 Å². The van der Waals surface area contributed by atoms with E-state index in [9.17, 15) is 0 Å². The predicted molar refractivity (Wildman–Crippen MR) is 46.6 cm³/mol. The van der Waals surface area contributed by atoms with Crippen LogP contribution in [0.5, 0.6) is 0 Å². The Hall–Kier alpha value is -0.720. The summed E-state index contributed by atoms with van der Waals surface area (Å²) in [6, 6.07) is 0. The van der Waals surface area contributed by atoms with Crippen molar-refractivity contribution in [3.8, 4) is 0 Å². The second kappa shape index (κ2) is 5.10. The van der Waals surface area contributed by atoms with Gasteiger partial charge in [-0.15, -0.1) is 0 Å². The zero-order chi connectivity index (χ0) is 7.98. The molecule has 0 fully saturated rings. The molecule has 0 spiro atoms. The minimum atomic E-state index is 0.938. The molecule has 0 saturated carbocycles. The number of hydrogen-bond donors (Lipinski definition) is 1. The van der Waals surface area contributed by atoms with E-state index in [1.165, 1.54) is 5.57 Å². The number of hydrogen-bond acceptors (Lipinski definition) is 1. The lowest BCUT2D eigenvalue weighted by Gasteiger charge is -1.93. The molecule has 0 aliphatic heterocycles. The Balaban J connectivity index is 3.91. The molecule has 10 heavy (non-hydrogen) atoms. The Bertz CT molecular complexity index is 125. The van der Waals surface area contributed by atoms with Gasteiger partial charge in [0.2, 0.25) is 0 Å². The van der Waals surface area contributed by atoms with Gasteiger partial charge in [-0.3, -0.25) is 0 Å². The molecule has 0 rings (SSSR count). The van der Waals surface area contributed by atoms with Gasteiger partial charge in [0.05, 0.1) is 0 Å². The lowest BCUT2D eigenvalue weighted by Crippen LogP contribution is -1.92. The van der Waals surface area contributed by atoms with Crippen LogP contribution in [0.25, 0.3) is 0 Å². The van der Waals surface area contributed by atoms with Gasteiger partial charge in [0.25, 0.3) is 0 Å². The van der Waals surface area contributed by atoms with Crippen LogP contribution in [0.1, 0.15) is 33.6 Å². The van der Waals surface area contributed by atoms with Crippen molar-refractivity contribution < 1.29 is 0 Å². The molecule has 0 unspecified atom stereocenters. The van der Waals surface area contributed by atoms with Crippen LogP contribution >= 0.6 is 0 Å². The number of rotatable bonds is 3. The SMILES string of the molecule is CC/C(C)=C\C=C(\N)CC. The molecule has 0 amide bonds. The molecule has 0 aliphatic carbocycles. The third kappa shape index (κ3) is 4.19. The van der Waals surface area contributed by atoms with Crippen LogP contribution in [-0.4, -0.2) is 0 Å². The van der Waals surface area contributed by atoms with Crippen LogP contribution < -0.4 is 5.73 Å². The topological polar surface area (TPSA) is 26.0 Å². The minimum Gasteiger partial charge on any atom is -0.402 e. The van der Waals surface area contributed by atoms with Gasteiger partial charge in [-0.05, 0) is 25.8 Å². The molecule has 0 atom stereocenters. The molecule has 2 N–H and O–H groups in total. The second-order valence-corrected chi connectivity index (χ2v) is 2.46. The summed E-state index contributed by atoms with van der Waals surface area (Å²) in [5, 5.41) is 0. The highest BCUT2D eigenvalue weighted by Gasteiger charge is 1.82. The molecule has 1 nitrogen and oxygen atoms in total. The van der Waals surface area contributed by atoms with Crippen LogP contribution in [0.2, 0.25) is 0 Å². The van der Waals surface area contributed by atoms with Crippen molar-refractivity contribution in [3.05, 3.63) is 23.4 Å². The van der Waals surface area contributed by atoms with Gasteiger partial charge >= 0.3 is 0 Å². The molecular weight excluding hydrogens is 122 g/mol. The lowest BCUT2D eigenvalue weighted by molar-refractivity contribution is 1.06. The maximum absolute atomic E-state index is 5.59. The Morgan fingerprint density at radius 1 is 1.20 bits per heavy atom. The Morgan fingerprint density at radius 2 is 1.80 bits per heavy atom. The van der Waals surface area contributed by atoms with Crippen molar-refractivity contribution >= 4 is 0 Å². The normalized spacial score (nSPS) is 13.9. The summed E-state index contributed by atoms with van der Waals surface area (Å²) in [7, 11) is 0. The highest BCUT2D eigenvalue weighted by atomic mass is 14.6. The highest BCUT2D eigenvalue weighted by molar-refractivity contribution is 5.14. The molecule has 0 saturated heterocycles. The van der Waals surface area contributed by atoms with Gasteiger partial charge in [-0.2, -0.15) is 0 Å². The van der Waals surface area contributed by atoms with Crippen LogP contribution in [0.4, 0.5) is 0 Å². The molecular formula is C9H17N. The quantitative estimate of drug-likeness (QED) is 0.597. The van der Waals surface area contributed by atoms with Crippen LogP contribution in [0.15, 0.2) is 23.4 Å². The average Bonchev–Trinajstić information content (AvgIpc) is 1.99. The summed E-state index contributed by atoms with van der Waals surface area (Å²) in [6.07, 6.45) is 6.11. The van der Waals surface area contributed by atoms with Crippen molar-refractivity contribution in [1.82, 2.24) is 0 Å². The Kier molecular flexibility index (Phi) is 4.73. The van der Waals surface area contributed by atoms with Crippen LogP contribution in [-0.2, 0) is 0 Å². The molecule has 1 heteroatoms. The largest absolute Gasteiger partial charge is 0.402 e. The van der Waals surface area contributed by atoms with E-state index in [1.54, 1.807) is 0 Å². The van der Waals surface area contributed by atoms with E-state index in [0.717, 1.165) is 18.5 Å². The van der Waals surface area contributed by atoms with Crippen LogP contribution in [0, 0.1) is 0 Å². The molecule has 0 heterocycles. The predicted octanol–water partition coefficient (Wildman–Crippen LogP) is 2.60. The van der Waals surface area contributed by atoms with E-state index in [1.807, 2.05) is 6.08 Å². The first-order chi connectivity index (χ1) is 4.70. The zero-order valence-corrected chi connectivity index (χ0v) is 7.15.